The number of hydrogen-bond donors (Lipinski definition) is 3. The molecule has 1 heterocycles. The summed E-state index contributed by atoms with van der Waals surface area (Å²) in [4.78, 5) is 19.1. The summed E-state index contributed by atoms with van der Waals surface area (Å²) in [6.45, 7) is 6.29. The van der Waals surface area contributed by atoms with Gasteiger partial charge in [-0.2, -0.15) is 0 Å². The van der Waals surface area contributed by atoms with E-state index in [1.165, 1.54) is 27.8 Å². The van der Waals surface area contributed by atoms with Crippen LogP contribution in [0.3, 0.4) is 0 Å². The Labute approximate surface area is 181 Å². The molecule has 0 saturated heterocycles. The zero-order valence-electron chi connectivity index (χ0n) is 18.0. The van der Waals surface area contributed by atoms with Crippen molar-refractivity contribution in [3.05, 3.63) is 71.9 Å². The monoisotopic (exact) mass is 424 g/mol. The van der Waals surface area contributed by atoms with Crippen molar-refractivity contribution in [2.75, 3.05) is 13.7 Å². The van der Waals surface area contributed by atoms with Crippen LogP contribution in [0.25, 0.3) is 16.6 Å². The smallest absolute Gasteiger partial charge is 0.328 e. The Bertz CT molecular complexity index is 1040. The third kappa shape index (κ3) is 6.45. The van der Waals surface area contributed by atoms with Crippen molar-refractivity contribution >= 4 is 22.8 Å². The number of methoxy groups -OCH3 is 1. The maximum absolute atomic E-state index is 9.55. The summed E-state index contributed by atoms with van der Waals surface area (Å²) < 4.78 is 7.76. The van der Waals surface area contributed by atoms with Crippen molar-refractivity contribution in [3.8, 4) is 11.4 Å². The van der Waals surface area contributed by atoms with Crippen LogP contribution in [-0.4, -0.2) is 40.4 Å². The molecule has 7 nitrogen and oxygen atoms in total. The Morgan fingerprint density at radius 2 is 1.71 bits per heavy atom. The van der Waals surface area contributed by atoms with Gasteiger partial charge >= 0.3 is 11.9 Å². The molecule has 0 bridgehead atoms. The SMILES string of the molecule is CCCNCc1c(C)n(-c2ccccc2)c2ccc(OC)cc12.O=C(O)/C=C\C(=O)O. The summed E-state index contributed by atoms with van der Waals surface area (Å²) >= 11 is 0. The van der Waals surface area contributed by atoms with Gasteiger partial charge in [-0.15, -0.1) is 0 Å². The van der Waals surface area contributed by atoms with Crippen LogP contribution in [0.5, 0.6) is 5.75 Å². The van der Waals surface area contributed by atoms with Gasteiger partial charge in [-0.1, -0.05) is 25.1 Å². The van der Waals surface area contributed by atoms with Crippen LogP contribution in [0.1, 0.15) is 24.6 Å². The lowest BCUT2D eigenvalue weighted by Crippen LogP contribution is -2.14. The van der Waals surface area contributed by atoms with Gasteiger partial charge in [0, 0.05) is 35.5 Å². The van der Waals surface area contributed by atoms with E-state index in [0.717, 1.165) is 25.3 Å². The van der Waals surface area contributed by atoms with E-state index in [0.29, 0.717) is 12.2 Å². The average molecular weight is 424 g/mol. The Balaban J connectivity index is 0.000000366. The summed E-state index contributed by atoms with van der Waals surface area (Å²) in [7, 11) is 1.72. The predicted molar refractivity (Wildman–Crippen MR) is 121 cm³/mol. The number of hydrogen-bond acceptors (Lipinski definition) is 4. The van der Waals surface area contributed by atoms with E-state index in [-0.39, 0.29) is 0 Å². The fourth-order valence-electron chi connectivity index (χ4n) is 3.26. The van der Waals surface area contributed by atoms with Crippen molar-refractivity contribution in [3.63, 3.8) is 0 Å². The second kappa shape index (κ2) is 11.6. The zero-order valence-corrected chi connectivity index (χ0v) is 18.0. The molecule has 7 heteroatoms. The van der Waals surface area contributed by atoms with E-state index in [1.807, 2.05) is 6.07 Å². The van der Waals surface area contributed by atoms with Gasteiger partial charge in [0.15, 0.2) is 0 Å². The van der Waals surface area contributed by atoms with Crippen LogP contribution in [0.2, 0.25) is 0 Å². The highest BCUT2D eigenvalue weighted by Crippen LogP contribution is 2.31. The van der Waals surface area contributed by atoms with Gasteiger partial charge < -0.3 is 24.8 Å². The van der Waals surface area contributed by atoms with Gasteiger partial charge in [-0.05, 0) is 55.8 Å². The summed E-state index contributed by atoms with van der Waals surface area (Å²) in [5.74, 6) is -1.61. The lowest BCUT2D eigenvalue weighted by atomic mass is 10.1. The molecule has 0 atom stereocenters. The van der Waals surface area contributed by atoms with Crippen molar-refractivity contribution in [1.82, 2.24) is 9.88 Å². The first-order chi connectivity index (χ1) is 14.9. The van der Waals surface area contributed by atoms with Gasteiger partial charge in [-0.3, -0.25) is 0 Å². The van der Waals surface area contributed by atoms with Crippen molar-refractivity contribution < 1.29 is 24.5 Å². The number of carbonyl (C=O) groups is 2. The Morgan fingerprint density at radius 1 is 1.06 bits per heavy atom. The minimum absolute atomic E-state index is 0.558. The van der Waals surface area contributed by atoms with E-state index in [2.05, 4.69) is 66.2 Å². The molecule has 3 rings (SSSR count). The standard InChI is InChI=1S/C20H24N2O.C4H4O4/c1-4-12-21-14-19-15(2)22(16-8-6-5-7-9-16)20-11-10-17(23-3)13-18(19)20;5-3(6)1-2-4(7)8/h5-11,13,21H,4,12,14H2,1-3H3;1-2H,(H,5,6)(H,7,8)/b;2-1-. The van der Waals surface area contributed by atoms with Gasteiger partial charge in [0.1, 0.15) is 5.75 Å². The quantitative estimate of drug-likeness (QED) is 0.371. The highest BCUT2D eigenvalue weighted by molar-refractivity contribution is 5.90. The number of ether oxygens (including phenoxy) is 1. The molecule has 0 aliphatic rings. The number of carboxylic acid groups (broad SMARTS) is 2. The number of carboxylic acids is 2. The Hall–Kier alpha value is -3.58. The number of aliphatic carboxylic acids is 2. The van der Waals surface area contributed by atoms with Crippen LogP contribution in [0, 0.1) is 6.92 Å². The first kappa shape index (κ1) is 23.7. The van der Waals surface area contributed by atoms with Crippen LogP contribution < -0.4 is 10.1 Å². The summed E-state index contributed by atoms with van der Waals surface area (Å²) in [6, 6.07) is 16.8. The maximum Gasteiger partial charge on any atom is 0.328 e. The van der Waals surface area contributed by atoms with E-state index in [9.17, 15) is 9.59 Å². The molecule has 0 aliphatic heterocycles. The van der Waals surface area contributed by atoms with Gasteiger partial charge in [0.05, 0.1) is 12.6 Å². The first-order valence-electron chi connectivity index (χ1n) is 9.97. The lowest BCUT2D eigenvalue weighted by molar-refractivity contribution is -0.134. The minimum Gasteiger partial charge on any atom is -0.497 e. The van der Waals surface area contributed by atoms with Crippen LogP contribution >= 0.6 is 0 Å². The molecule has 0 radical (unpaired) electrons. The zero-order chi connectivity index (χ0) is 22.8. The van der Waals surface area contributed by atoms with E-state index >= 15 is 0 Å². The normalized spacial score (nSPS) is 10.7. The molecule has 3 N–H and O–H groups in total. The number of para-hydroxylation sites is 1. The molecule has 1 aromatic heterocycles. The van der Waals surface area contributed by atoms with Crippen LogP contribution in [-0.2, 0) is 16.1 Å². The van der Waals surface area contributed by atoms with Crippen molar-refractivity contribution in [1.29, 1.82) is 0 Å². The van der Waals surface area contributed by atoms with Gasteiger partial charge in [0.25, 0.3) is 0 Å². The van der Waals surface area contributed by atoms with E-state index in [4.69, 9.17) is 14.9 Å². The fraction of sp³-hybridized carbons (Fsp3) is 0.250. The average Bonchev–Trinajstić information content (AvgIpc) is 3.04. The molecular weight excluding hydrogens is 396 g/mol. The molecule has 31 heavy (non-hydrogen) atoms. The number of nitrogens with one attached hydrogen (secondary N) is 1. The second-order valence-electron chi connectivity index (χ2n) is 6.80. The number of rotatable bonds is 8. The van der Waals surface area contributed by atoms with Gasteiger partial charge in [-0.25, -0.2) is 9.59 Å². The molecule has 0 saturated carbocycles. The second-order valence-corrected chi connectivity index (χ2v) is 6.80. The molecular formula is C24H28N2O5. The lowest BCUT2D eigenvalue weighted by Gasteiger charge is -2.09. The highest BCUT2D eigenvalue weighted by Gasteiger charge is 2.15. The molecule has 0 fully saturated rings. The molecule has 0 unspecified atom stereocenters. The predicted octanol–water partition coefficient (Wildman–Crippen LogP) is 4.16. The molecule has 164 valence electrons. The van der Waals surface area contributed by atoms with E-state index in [1.54, 1.807) is 7.11 Å². The number of benzene rings is 2. The molecule has 2 aromatic carbocycles. The summed E-state index contributed by atoms with van der Waals surface area (Å²) in [5, 5.41) is 20.4. The third-order valence-corrected chi connectivity index (χ3v) is 4.65. The first-order valence-corrected chi connectivity index (χ1v) is 9.97. The Kier molecular flexibility index (Phi) is 8.84. The van der Waals surface area contributed by atoms with Crippen LogP contribution in [0.15, 0.2) is 60.7 Å². The number of aromatic nitrogens is 1. The highest BCUT2D eigenvalue weighted by atomic mass is 16.5. The number of nitrogens with zero attached hydrogens (tertiary/aromatic N) is 1. The fourth-order valence-corrected chi connectivity index (χ4v) is 3.26. The van der Waals surface area contributed by atoms with E-state index < -0.39 is 11.9 Å². The molecule has 0 amide bonds. The topological polar surface area (TPSA) is 101 Å². The van der Waals surface area contributed by atoms with Crippen LogP contribution in [0.4, 0.5) is 0 Å². The van der Waals surface area contributed by atoms with Crippen molar-refractivity contribution in [2.45, 2.75) is 26.8 Å². The molecule has 0 aliphatic carbocycles. The summed E-state index contributed by atoms with van der Waals surface area (Å²) in [5.41, 5.74) is 5.05. The molecule has 3 aromatic rings. The Morgan fingerprint density at radius 3 is 2.26 bits per heavy atom. The minimum atomic E-state index is -1.26. The van der Waals surface area contributed by atoms with Crippen molar-refractivity contribution in [2.24, 2.45) is 0 Å². The molecule has 0 spiro atoms. The maximum atomic E-state index is 9.55. The summed E-state index contributed by atoms with van der Waals surface area (Å²) in [6.07, 6.45) is 2.25. The largest absolute Gasteiger partial charge is 0.497 e. The van der Waals surface area contributed by atoms with Gasteiger partial charge in [0.2, 0.25) is 0 Å². The number of fused-ring (bicyclic) bond motifs is 1. The third-order valence-electron chi connectivity index (χ3n) is 4.65.